The van der Waals surface area contributed by atoms with Crippen molar-refractivity contribution in [1.82, 2.24) is 10.2 Å². The maximum absolute atomic E-state index is 13.6. The number of halogens is 1. The minimum Gasteiger partial charge on any atom is -0.336 e. The molecular formula is C26H26FN5O4. The van der Waals surface area contributed by atoms with Crippen LogP contribution >= 0.6 is 0 Å². The van der Waals surface area contributed by atoms with Gasteiger partial charge in [-0.2, -0.15) is 5.26 Å². The van der Waals surface area contributed by atoms with Crippen molar-refractivity contribution in [1.29, 1.82) is 5.26 Å². The lowest BCUT2D eigenvalue weighted by Gasteiger charge is -2.28. The summed E-state index contributed by atoms with van der Waals surface area (Å²) in [6, 6.07) is 12.2. The Morgan fingerprint density at radius 1 is 1.17 bits per heavy atom. The maximum Gasteiger partial charge on any atom is 0.313 e. The van der Waals surface area contributed by atoms with Crippen molar-refractivity contribution in [2.45, 2.75) is 44.2 Å². The van der Waals surface area contributed by atoms with E-state index in [0.717, 1.165) is 17.7 Å². The zero-order chi connectivity index (χ0) is 26.0. The molecule has 1 fully saturated rings. The summed E-state index contributed by atoms with van der Waals surface area (Å²) in [6.07, 6.45) is 0.352. The number of hydrogen-bond donors (Lipinski definition) is 3. The first-order valence-electron chi connectivity index (χ1n) is 11.6. The molecule has 3 atom stereocenters. The van der Waals surface area contributed by atoms with E-state index in [4.69, 9.17) is 0 Å². The van der Waals surface area contributed by atoms with Crippen molar-refractivity contribution in [3.63, 3.8) is 0 Å². The first kappa shape index (κ1) is 24.9. The lowest BCUT2D eigenvalue weighted by atomic mass is 9.80. The number of amides is 4. The van der Waals surface area contributed by atoms with Gasteiger partial charge in [0.1, 0.15) is 17.9 Å². The molecule has 4 rings (SSSR count). The number of carbonyl (C=O) groups is 4. The molecule has 2 aliphatic heterocycles. The molecule has 36 heavy (non-hydrogen) atoms. The summed E-state index contributed by atoms with van der Waals surface area (Å²) >= 11 is 0. The van der Waals surface area contributed by atoms with Crippen LogP contribution in [0.25, 0.3) is 0 Å². The SMILES string of the molecule is CC(C)C[C@H](NC(=O)C(=O)Nc1ccc(F)cc1)C(=O)N1C[C@]2(C[C@H]1C#N)C(=O)Nc1ccccc12. The molecular weight excluding hydrogens is 465 g/mol. The third kappa shape index (κ3) is 4.64. The van der Waals surface area contributed by atoms with Crippen LogP contribution in [0.2, 0.25) is 0 Å². The highest BCUT2D eigenvalue weighted by Gasteiger charge is 2.56. The van der Waals surface area contributed by atoms with Gasteiger partial charge in [0, 0.05) is 24.3 Å². The summed E-state index contributed by atoms with van der Waals surface area (Å²) in [5.41, 5.74) is 0.547. The van der Waals surface area contributed by atoms with Crippen LogP contribution in [0.5, 0.6) is 0 Å². The average Bonchev–Trinajstić information content (AvgIpc) is 3.37. The first-order chi connectivity index (χ1) is 17.1. The smallest absolute Gasteiger partial charge is 0.313 e. The molecule has 9 nitrogen and oxygen atoms in total. The number of nitrogens with one attached hydrogen (secondary N) is 3. The predicted molar refractivity (Wildman–Crippen MR) is 129 cm³/mol. The summed E-state index contributed by atoms with van der Waals surface area (Å²) in [6.45, 7) is 3.71. The highest BCUT2D eigenvalue weighted by molar-refractivity contribution is 6.40. The standard InChI is InChI=1S/C26H26FN5O4/c1-15(2)11-21(30-23(34)22(33)29-17-9-7-16(27)8-10-17)24(35)32-14-26(12-18(32)13-28)19-5-3-4-6-20(19)31-25(26)36/h3-10,15,18,21H,11-12,14H2,1-2H3,(H,29,33)(H,30,34)(H,31,36)/t18-,21-,26-/m0/s1. The van der Waals surface area contributed by atoms with E-state index in [2.05, 4.69) is 22.0 Å². The fourth-order valence-corrected chi connectivity index (χ4v) is 4.82. The number of nitriles is 1. The topological polar surface area (TPSA) is 131 Å². The molecule has 0 unspecified atom stereocenters. The van der Waals surface area contributed by atoms with Crippen molar-refractivity contribution in [2.24, 2.45) is 5.92 Å². The van der Waals surface area contributed by atoms with Crippen molar-refractivity contribution < 1.29 is 23.6 Å². The van der Waals surface area contributed by atoms with E-state index in [1.54, 1.807) is 18.2 Å². The van der Waals surface area contributed by atoms with Crippen LogP contribution in [0.15, 0.2) is 48.5 Å². The lowest BCUT2D eigenvalue weighted by molar-refractivity contribution is -0.140. The highest BCUT2D eigenvalue weighted by Crippen LogP contribution is 2.46. The van der Waals surface area contributed by atoms with Crippen LogP contribution < -0.4 is 16.0 Å². The number of carbonyl (C=O) groups excluding carboxylic acids is 4. The van der Waals surface area contributed by atoms with E-state index in [1.807, 2.05) is 19.9 Å². The minimum atomic E-state index is -1.08. The Morgan fingerprint density at radius 3 is 2.53 bits per heavy atom. The number of benzene rings is 2. The van der Waals surface area contributed by atoms with Gasteiger partial charge in [0.05, 0.1) is 11.5 Å². The van der Waals surface area contributed by atoms with Crippen LogP contribution in [0.4, 0.5) is 15.8 Å². The second kappa shape index (κ2) is 9.77. The van der Waals surface area contributed by atoms with E-state index in [0.29, 0.717) is 5.69 Å². The van der Waals surface area contributed by atoms with Gasteiger partial charge in [0.25, 0.3) is 0 Å². The minimum absolute atomic E-state index is 0.0147. The van der Waals surface area contributed by atoms with Crippen LogP contribution in [-0.4, -0.2) is 47.2 Å². The van der Waals surface area contributed by atoms with Crippen molar-refractivity contribution in [3.05, 3.63) is 59.9 Å². The second-order valence-corrected chi connectivity index (χ2v) is 9.51. The maximum atomic E-state index is 13.6. The number of anilines is 2. The average molecular weight is 492 g/mol. The van der Waals surface area contributed by atoms with E-state index in [9.17, 15) is 28.8 Å². The third-order valence-electron chi connectivity index (χ3n) is 6.53. The molecule has 186 valence electrons. The molecule has 10 heteroatoms. The summed E-state index contributed by atoms with van der Waals surface area (Å²) < 4.78 is 13.1. The Morgan fingerprint density at radius 2 is 1.86 bits per heavy atom. The number of fused-ring (bicyclic) bond motifs is 2. The molecule has 1 spiro atoms. The second-order valence-electron chi connectivity index (χ2n) is 9.51. The summed E-state index contributed by atoms with van der Waals surface area (Å²) in [4.78, 5) is 53.0. The van der Waals surface area contributed by atoms with Crippen molar-refractivity contribution >= 4 is 35.0 Å². The van der Waals surface area contributed by atoms with Gasteiger partial charge >= 0.3 is 11.8 Å². The Bertz CT molecular complexity index is 1260. The first-order valence-corrected chi connectivity index (χ1v) is 11.6. The zero-order valence-electron chi connectivity index (χ0n) is 19.9. The van der Waals surface area contributed by atoms with Crippen LogP contribution in [0.3, 0.4) is 0 Å². The van der Waals surface area contributed by atoms with Gasteiger partial charge in [-0.1, -0.05) is 32.0 Å². The van der Waals surface area contributed by atoms with Gasteiger partial charge < -0.3 is 20.9 Å². The Kier molecular flexibility index (Phi) is 6.75. The van der Waals surface area contributed by atoms with E-state index in [1.165, 1.54) is 17.0 Å². The van der Waals surface area contributed by atoms with E-state index in [-0.39, 0.29) is 36.9 Å². The van der Waals surface area contributed by atoms with Crippen LogP contribution in [0, 0.1) is 23.1 Å². The molecule has 2 aliphatic rings. The molecule has 2 aromatic rings. The number of para-hydroxylation sites is 1. The van der Waals surface area contributed by atoms with E-state index >= 15 is 0 Å². The largest absolute Gasteiger partial charge is 0.336 e. The van der Waals surface area contributed by atoms with Crippen LogP contribution in [-0.2, 0) is 24.6 Å². The normalized spacial score (nSPS) is 21.0. The summed E-state index contributed by atoms with van der Waals surface area (Å²) in [7, 11) is 0. The van der Waals surface area contributed by atoms with Gasteiger partial charge in [-0.25, -0.2) is 4.39 Å². The summed E-state index contributed by atoms with van der Waals surface area (Å²) in [5.74, 6) is -3.37. The number of likely N-dealkylation sites (tertiary alicyclic amines) is 1. The quantitative estimate of drug-likeness (QED) is 0.553. The number of nitrogens with zero attached hydrogens (tertiary/aromatic N) is 2. The molecule has 0 saturated carbocycles. The Hall–Kier alpha value is -4.26. The monoisotopic (exact) mass is 491 g/mol. The molecule has 0 aromatic heterocycles. The van der Waals surface area contributed by atoms with Gasteiger partial charge in [-0.15, -0.1) is 0 Å². The molecule has 2 heterocycles. The summed E-state index contributed by atoms with van der Waals surface area (Å²) in [5, 5.41) is 17.5. The van der Waals surface area contributed by atoms with Crippen molar-refractivity contribution in [2.75, 3.05) is 17.2 Å². The Labute approximate surface area is 207 Å². The molecule has 0 radical (unpaired) electrons. The van der Waals surface area contributed by atoms with Crippen molar-refractivity contribution in [3.8, 4) is 6.07 Å². The Balaban J connectivity index is 1.53. The molecule has 4 amide bonds. The molecule has 0 aliphatic carbocycles. The van der Waals surface area contributed by atoms with Gasteiger partial charge in [-0.05, 0) is 48.2 Å². The van der Waals surface area contributed by atoms with Gasteiger partial charge in [0.2, 0.25) is 11.8 Å². The zero-order valence-corrected chi connectivity index (χ0v) is 19.9. The number of rotatable bonds is 5. The van der Waals surface area contributed by atoms with Gasteiger partial charge in [0.15, 0.2) is 0 Å². The molecule has 1 saturated heterocycles. The van der Waals surface area contributed by atoms with E-state index < -0.39 is 41.0 Å². The fraction of sp³-hybridized carbons (Fsp3) is 0.346. The molecule has 2 aromatic carbocycles. The lowest BCUT2D eigenvalue weighted by Crippen LogP contribution is -2.53. The predicted octanol–water partition coefficient (Wildman–Crippen LogP) is 2.31. The molecule has 0 bridgehead atoms. The van der Waals surface area contributed by atoms with Gasteiger partial charge in [-0.3, -0.25) is 19.2 Å². The number of hydrogen-bond acceptors (Lipinski definition) is 5. The van der Waals surface area contributed by atoms with Crippen LogP contribution in [0.1, 0.15) is 32.3 Å². The third-order valence-corrected chi connectivity index (χ3v) is 6.53. The highest BCUT2D eigenvalue weighted by atomic mass is 19.1. The fourth-order valence-electron chi connectivity index (χ4n) is 4.82. The molecule has 3 N–H and O–H groups in total.